The molecule has 0 amide bonds. The Morgan fingerprint density at radius 3 is 1.96 bits per heavy atom. The van der Waals surface area contributed by atoms with Gasteiger partial charge in [-0.15, -0.1) is 12.4 Å². The van der Waals surface area contributed by atoms with E-state index in [1.807, 2.05) is 66.7 Å². The van der Waals surface area contributed by atoms with Gasteiger partial charge in [-0.3, -0.25) is 0 Å². The summed E-state index contributed by atoms with van der Waals surface area (Å²) < 4.78 is 0. The van der Waals surface area contributed by atoms with Crippen LogP contribution < -0.4 is 10.6 Å². The minimum absolute atomic E-state index is 0. The van der Waals surface area contributed by atoms with Crippen molar-refractivity contribution >= 4 is 41.6 Å². The van der Waals surface area contributed by atoms with Gasteiger partial charge in [-0.25, -0.2) is 4.99 Å². The van der Waals surface area contributed by atoms with Gasteiger partial charge in [0.15, 0.2) is 5.96 Å². The fraction of sp³-hybridized carbons (Fsp3) is 0.136. The van der Waals surface area contributed by atoms with Crippen LogP contribution in [0.15, 0.2) is 83.9 Å². The molecule has 3 aromatic rings. The van der Waals surface area contributed by atoms with Crippen LogP contribution in [0.3, 0.4) is 0 Å². The van der Waals surface area contributed by atoms with E-state index in [9.17, 15) is 0 Å². The molecule has 0 spiro atoms. The third-order valence-corrected chi connectivity index (χ3v) is 5.12. The summed E-state index contributed by atoms with van der Waals surface area (Å²) in [5, 5.41) is 8.38. The van der Waals surface area contributed by atoms with E-state index in [0.717, 1.165) is 27.1 Å². The topological polar surface area (TPSA) is 36.4 Å². The van der Waals surface area contributed by atoms with Crippen molar-refractivity contribution in [3.8, 4) is 0 Å². The maximum absolute atomic E-state index is 6.06. The lowest BCUT2D eigenvalue weighted by atomic mass is 9.95. The Balaban J connectivity index is 0.00000225. The molecule has 2 atom stereocenters. The molecule has 3 aromatic carbocycles. The highest BCUT2D eigenvalue weighted by Gasteiger charge is 2.31. The minimum Gasteiger partial charge on any atom is -0.352 e. The molecule has 1 heterocycles. The zero-order valence-corrected chi connectivity index (χ0v) is 17.3. The minimum atomic E-state index is -0.0401. The Morgan fingerprint density at radius 2 is 1.36 bits per heavy atom. The predicted molar refractivity (Wildman–Crippen MR) is 119 cm³/mol. The van der Waals surface area contributed by atoms with Gasteiger partial charge in [0.25, 0.3) is 0 Å². The van der Waals surface area contributed by atoms with E-state index in [4.69, 9.17) is 28.2 Å². The highest BCUT2D eigenvalue weighted by molar-refractivity contribution is 6.30. The number of nitrogens with zero attached hydrogens (tertiary/aromatic N) is 1. The molecule has 6 heteroatoms. The van der Waals surface area contributed by atoms with Gasteiger partial charge in [0.2, 0.25) is 0 Å². The Morgan fingerprint density at radius 1 is 0.786 bits per heavy atom. The molecule has 144 valence electrons. The van der Waals surface area contributed by atoms with Crippen LogP contribution in [0.2, 0.25) is 10.0 Å². The van der Waals surface area contributed by atoms with Gasteiger partial charge in [0.05, 0.1) is 6.04 Å². The molecule has 1 aliphatic heterocycles. The van der Waals surface area contributed by atoms with Gasteiger partial charge >= 0.3 is 0 Å². The lowest BCUT2D eigenvalue weighted by Crippen LogP contribution is -2.35. The van der Waals surface area contributed by atoms with Crippen LogP contribution in [0.4, 0.5) is 0 Å². The normalized spacial score (nSPS) is 18.0. The van der Waals surface area contributed by atoms with Crippen molar-refractivity contribution in [3.63, 3.8) is 0 Å². The highest BCUT2D eigenvalue weighted by atomic mass is 35.5. The van der Waals surface area contributed by atoms with Gasteiger partial charge in [-0.05, 0) is 41.0 Å². The number of rotatable bonds is 4. The molecule has 0 aliphatic carbocycles. The summed E-state index contributed by atoms with van der Waals surface area (Å²) in [6.07, 6.45) is 0. The Hall–Kier alpha value is -2.20. The first-order valence-electron chi connectivity index (χ1n) is 8.82. The predicted octanol–water partition coefficient (Wildman–Crippen LogP) is 5.95. The lowest BCUT2D eigenvalue weighted by molar-refractivity contribution is 0.570. The van der Waals surface area contributed by atoms with E-state index in [-0.39, 0.29) is 24.5 Å². The van der Waals surface area contributed by atoms with E-state index in [1.54, 1.807) is 0 Å². The van der Waals surface area contributed by atoms with Crippen LogP contribution in [0.1, 0.15) is 28.8 Å². The van der Waals surface area contributed by atoms with Crippen molar-refractivity contribution in [1.82, 2.24) is 10.6 Å². The molecular formula is C22H20Cl3N3. The van der Waals surface area contributed by atoms with Crippen LogP contribution in [0.25, 0.3) is 0 Å². The zero-order chi connectivity index (χ0) is 18.6. The highest BCUT2D eigenvalue weighted by Crippen LogP contribution is 2.36. The summed E-state index contributed by atoms with van der Waals surface area (Å²) in [7, 11) is 0. The molecule has 0 aromatic heterocycles. The van der Waals surface area contributed by atoms with Gasteiger partial charge < -0.3 is 10.6 Å². The van der Waals surface area contributed by atoms with E-state index in [0.29, 0.717) is 6.54 Å². The van der Waals surface area contributed by atoms with Crippen molar-refractivity contribution in [3.05, 3.63) is 106 Å². The second-order valence-electron chi connectivity index (χ2n) is 6.49. The molecule has 0 saturated heterocycles. The van der Waals surface area contributed by atoms with Crippen molar-refractivity contribution in [2.75, 3.05) is 0 Å². The summed E-state index contributed by atoms with van der Waals surface area (Å²) in [4.78, 5) is 4.90. The van der Waals surface area contributed by atoms with Gasteiger partial charge in [-0.2, -0.15) is 0 Å². The first-order valence-corrected chi connectivity index (χ1v) is 9.58. The number of aliphatic imine (C=N–C) groups is 1. The molecular weight excluding hydrogens is 413 g/mol. The van der Waals surface area contributed by atoms with E-state index < -0.39 is 0 Å². The fourth-order valence-electron chi connectivity index (χ4n) is 3.22. The molecule has 0 radical (unpaired) electrons. The van der Waals surface area contributed by atoms with Crippen molar-refractivity contribution in [1.29, 1.82) is 0 Å². The number of hydrogen-bond acceptors (Lipinski definition) is 3. The van der Waals surface area contributed by atoms with E-state index in [1.165, 1.54) is 5.56 Å². The quantitative estimate of drug-likeness (QED) is 0.534. The summed E-state index contributed by atoms with van der Waals surface area (Å²) >= 11 is 12.1. The van der Waals surface area contributed by atoms with Crippen LogP contribution in [0, 0.1) is 0 Å². The summed E-state index contributed by atoms with van der Waals surface area (Å²) in [6, 6.07) is 26.0. The largest absolute Gasteiger partial charge is 0.352 e. The Labute approximate surface area is 181 Å². The van der Waals surface area contributed by atoms with Crippen molar-refractivity contribution < 1.29 is 0 Å². The molecule has 0 bridgehead atoms. The maximum atomic E-state index is 6.06. The lowest BCUT2D eigenvalue weighted by Gasteiger charge is -2.19. The summed E-state index contributed by atoms with van der Waals surface area (Å²) in [5.41, 5.74) is 3.46. The summed E-state index contributed by atoms with van der Waals surface area (Å²) in [6.45, 7) is 0.716. The molecule has 3 nitrogen and oxygen atoms in total. The number of hydrogen-bond donors (Lipinski definition) is 2. The smallest absolute Gasteiger partial charge is 0.192 e. The van der Waals surface area contributed by atoms with Gasteiger partial charge in [0, 0.05) is 16.6 Å². The summed E-state index contributed by atoms with van der Waals surface area (Å²) in [5.74, 6) is 0.791. The van der Waals surface area contributed by atoms with Crippen molar-refractivity contribution in [2.45, 2.75) is 18.6 Å². The van der Waals surface area contributed by atoms with Crippen LogP contribution in [-0.2, 0) is 6.54 Å². The molecule has 4 rings (SSSR count). The Kier molecular flexibility index (Phi) is 6.84. The first-order chi connectivity index (χ1) is 13.2. The molecule has 28 heavy (non-hydrogen) atoms. The second-order valence-corrected chi connectivity index (χ2v) is 7.36. The first kappa shape index (κ1) is 20.5. The van der Waals surface area contributed by atoms with Gasteiger partial charge in [0.1, 0.15) is 6.04 Å². The third kappa shape index (κ3) is 4.79. The molecule has 0 fully saturated rings. The van der Waals surface area contributed by atoms with Crippen LogP contribution in [0.5, 0.6) is 0 Å². The molecule has 0 saturated carbocycles. The van der Waals surface area contributed by atoms with E-state index >= 15 is 0 Å². The second kappa shape index (κ2) is 9.33. The van der Waals surface area contributed by atoms with Crippen LogP contribution in [-0.4, -0.2) is 5.96 Å². The zero-order valence-electron chi connectivity index (χ0n) is 15.0. The maximum Gasteiger partial charge on any atom is 0.192 e. The number of guanidine groups is 1. The number of benzene rings is 3. The average Bonchev–Trinajstić information content (AvgIpc) is 3.13. The van der Waals surface area contributed by atoms with E-state index in [2.05, 4.69) is 22.8 Å². The monoisotopic (exact) mass is 431 g/mol. The molecule has 1 aliphatic rings. The third-order valence-electron chi connectivity index (χ3n) is 4.62. The van der Waals surface area contributed by atoms with Gasteiger partial charge in [-0.1, -0.05) is 77.8 Å². The van der Waals surface area contributed by atoms with Crippen LogP contribution >= 0.6 is 35.6 Å². The molecule has 2 N–H and O–H groups in total. The average molecular weight is 433 g/mol. The number of halogens is 3. The SMILES string of the molecule is Cl.Clc1ccc(C2N=C(NCc3ccccc3)NC2c2ccc(Cl)cc2)cc1. The molecule has 2 unspecified atom stereocenters. The van der Waals surface area contributed by atoms with Crippen molar-refractivity contribution in [2.24, 2.45) is 4.99 Å². The fourth-order valence-corrected chi connectivity index (χ4v) is 3.47. The Bertz CT molecular complexity index is 926. The standard InChI is InChI=1S/C22H19Cl2N3.ClH/c23-18-10-6-16(7-11-18)20-21(17-8-12-19(24)13-9-17)27-22(26-20)25-14-15-4-2-1-3-5-15;/h1-13,20-21H,14H2,(H2,25,26,27);1H. The number of nitrogens with one attached hydrogen (secondary N) is 2.